The number of carboxylic acids is 2. The van der Waals surface area contributed by atoms with Gasteiger partial charge in [0, 0.05) is 22.4 Å². The lowest BCUT2D eigenvalue weighted by molar-refractivity contribution is -0.159. The van der Waals surface area contributed by atoms with Crippen LogP contribution in [0.5, 0.6) is 0 Å². The first kappa shape index (κ1) is 29.2. The predicted octanol–water partition coefficient (Wildman–Crippen LogP) is 5.81. The summed E-state index contributed by atoms with van der Waals surface area (Å²) < 4.78 is 18.9. The molecule has 3 heterocycles. The number of halogens is 2. The summed E-state index contributed by atoms with van der Waals surface area (Å²) in [6.07, 6.45) is 3.46. The summed E-state index contributed by atoms with van der Waals surface area (Å²) in [6, 6.07) is 18.3. The highest BCUT2D eigenvalue weighted by atomic mass is 35.5. The summed E-state index contributed by atoms with van der Waals surface area (Å²) in [6.45, 7) is 3.53. The third-order valence-corrected chi connectivity index (χ3v) is 8.11. The Labute approximate surface area is 246 Å². The van der Waals surface area contributed by atoms with Gasteiger partial charge < -0.3 is 14.7 Å². The van der Waals surface area contributed by atoms with E-state index in [0.29, 0.717) is 10.6 Å². The number of hydrogen-bond donors (Lipinski definition) is 2. The molecule has 42 heavy (non-hydrogen) atoms. The maximum Gasteiger partial charge on any atom is 0.414 e. The number of likely N-dealkylation sites (tertiary alicyclic amines) is 1. The molecule has 2 aliphatic heterocycles. The van der Waals surface area contributed by atoms with E-state index in [2.05, 4.69) is 16.1 Å². The number of carboxylic acid groups (broad SMARTS) is 2. The first-order chi connectivity index (χ1) is 20.1. The van der Waals surface area contributed by atoms with Crippen molar-refractivity contribution >= 4 is 51.8 Å². The Kier molecular flexibility index (Phi) is 8.56. The molecule has 0 saturated carbocycles. The Balaban J connectivity index is 0.000000535. The minimum Gasteiger partial charge on any atom is -0.473 e. The van der Waals surface area contributed by atoms with Gasteiger partial charge >= 0.3 is 11.9 Å². The van der Waals surface area contributed by atoms with Crippen LogP contribution in [-0.4, -0.2) is 57.2 Å². The van der Waals surface area contributed by atoms with Gasteiger partial charge in [-0.25, -0.2) is 14.0 Å². The molecule has 0 spiro atoms. The van der Waals surface area contributed by atoms with Gasteiger partial charge in [0.05, 0.1) is 23.1 Å². The molecule has 3 aromatic carbocycles. The number of nitrogens with zero attached hydrogens (tertiary/aromatic N) is 3. The highest BCUT2D eigenvalue weighted by Gasteiger charge is 2.34. The lowest BCUT2D eigenvalue weighted by atomic mass is 9.91. The average Bonchev–Trinajstić information content (AvgIpc) is 3.32. The second-order valence-electron chi connectivity index (χ2n) is 10.4. The number of piperidine rings is 1. The first-order valence-corrected chi connectivity index (χ1v) is 14.0. The van der Waals surface area contributed by atoms with Gasteiger partial charge in [0.2, 0.25) is 5.91 Å². The zero-order valence-corrected chi connectivity index (χ0v) is 23.6. The van der Waals surface area contributed by atoms with E-state index in [1.165, 1.54) is 17.7 Å². The van der Waals surface area contributed by atoms with Crippen LogP contribution in [0.25, 0.3) is 11.0 Å². The van der Waals surface area contributed by atoms with Crippen LogP contribution < -0.4 is 4.90 Å². The van der Waals surface area contributed by atoms with Crippen LogP contribution in [0.3, 0.4) is 0 Å². The molecule has 1 atom stereocenters. The molecule has 1 unspecified atom stereocenters. The van der Waals surface area contributed by atoms with Crippen molar-refractivity contribution in [3.8, 4) is 0 Å². The van der Waals surface area contributed by atoms with E-state index in [-0.39, 0.29) is 23.7 Å². The topological polar surface area (TPSA) is 124 Å². The van der Waals surface area contributed by atoms with E-state index >= 15 is 0 Å². The molecular formula is C31H29ClFN3O6. The summed E-state index contributed by atoms with van der Waals surface area (Å²) in [5, 5.41) is 20.5. The maximum atomic E-state index is 14.1. The molecule has 6 rings (SSSR count). The Morgan fingerprint density at radius 1 is 0.952 bits per heavy atom. The number of para-hydroxylation sites is 1. The van der Waals surface area contributed by atoms with Crippen LogP contribution >= 0.6 is 11.6 Å². The molecule has 2 aliphatic rings. The Morgan fingerprint density at radius 2 is 1.62 bits per heavy atom. The summed E-state index contributed by atoms with van der Waals surface area (Å²) in [5.41, 5.74) is 5.47. The number of fused-ring (bicyclic) bond motifs is 3. The van der Waals surface area contributed by atoms with Gasteiger partial charge in [0.25, 0.3) is 0 Å². The molecule has 9 nitrogen and oxygen atoms in total. The number of aliphatic carboxylic acids is 2. The van der Waals surface area contributed by atoms with Crippen molar-refractivity contribution in [2.75, 3.05) is 18.0 Å². The number of anilines is 2. The lowest BCUT2D eigenvalue weighted by Crippen LogP contribution is -2.48. The van der Waals surface area contributed by atoms with Gasteiger partial charge in [-0.1, -0.05) is 41.0 Å². The van der Waals surface area contributed by atoms with E-state index in [1.807, 2.05) is 48.2 Å². The highest BCUT2D eigenvalue weighted by Crippen LogP contribution is 2.39. The van der Waals surface area contributed by atoms with Crippen LogP contribution in [0.4, 0.5) is 15.8 Å². The predicted molar refractivity (Wildman–Crippen MR) is 155 cm³/mol. The molecule has 0 radical (unpaired) electrons. The quantitative estimate of drug-likeness (QED) is 0.285. The Morgan fingerprint density at radius 3 is 2.31 bits per heavy atom. The number of hydrogen-bond acceptors (Lipinski definition) is 6. The van der Waals surface area contributed by atoms with Crippen LogP contribution in [0.2, 0.25) is 5.02 Å². The minimum absolute atomic E-state index is 0.0497. The number of aryl methyl sites for hydroxylation is 2. The normalized spacial score (nSPS) is 16.0. The lowest BCUT2D eigenvalue weighted by Gasteiger charge is -2.37. The highest BCUT2D eigenvalue weighted by molar-refractivity contribution is 6.31. The third-order valence-electron chi connectivity index (χ3n) is 7.87. The van der Waals surface area contributed by atoms with Crippen LogP contribution in [-0.2, 0) is 27.2 Å². The van der Waals surface area contributed by atoms with Crippen molar-refractivity contribution in [1.29, 1.82) is 0 Å². The molecule has 1 saturated heterocycles. The molecule has 11 heteroatoms. The van der Waals surface area contributed by atoms with Crippen LogP contribution in [0.1, 0.15) is 42.5 Å². The zero-order chi connectivity index (χ0) is 30.0. The van der Waals surface area contributed by atoms with E-state index in [9.17, 15) is 9.18 Å². The Bertz CT molecular complexity index is 1640. The van der Waals surface area contributed by atoms with E-state index in [0.717, 1.165) is 66.8 Å². The summed E-state index contributed by atoms with van der Waals surface area (Å²) in [7, 11) is 0. The first-order valence-electron chi connectivity index (χ1n) is 13.6. The molecule has 0 bridgehead atoms. The van der Waals surface area contributed by atoms with Crippen LogP contribution in [0, 0.1) is 5.82 Å². The van der Waals surface area contributed by atoms with Crippen molar-refractivity contribution in [3.05, 3.63) is 88.3 Å². The molecular weight excluding hydrogens is 565 g/mol. The second-order valence-corrected chi connectivity index (χ2v) is 10.8. The van der Waals surface area contributed by atoms with Gasteiger partial charge in [-0.3, -0.25) is 14.6 Å². The SMILES string of the molecule is CC(C(=O)N1c2ccccc2CCc2ccc(Cl)cc21)N1CCC(c2noc3cc(F)ccc23)CC1.O=C(O)C(=O)O. The second kappa shape index (κ2) is 12.3. The fraction of sp³-hybridized carbons (Fsp3) is 0.290. The molecule has 1 aromatic heterocycles. The monoisotopic (exact) mass is 593 g/mol. The third kappa shape index (κ3) is 6.00. The molecule has 1 amide bonds. The van der Waals surface area contributed by atoms with Crippen molar-refractivity contribution in [3.63, 3.8) is 0 Å². The van der Waals surface area contributed by atoms with Gasteiger partial charge in [0.1, 0.15) is 5.82 Å². The molecule has 4 aromatic rings. The van der Waals surface area contributed by atoms with Gasteiger partial charge in [0.15, 0.2) is 5.58 Å². The van der Waals surface area contributed by atoms with E-state index in [1.54, 1.807) is 6.07 Å². The minimum atomic E-state index is -1.82. The number of carbonyl (C=O) groups is 3. The smallest absolute Gasteiger partial charge is 0.414 e. The largest absolute Gasteiger partial charge is 0.473 e. The summed E-state index contributed by atoms with van der Waals surface area (Å²) in [5.74, 6) is -3.71. The Hall–Kier alpha value is -4.28. The van der Waals surface area contributed by atoms with Crippen molar-refractivity contribution < 1.29 is 33.5 Å². The van der Waals surface area contributed by atoms with E-state index < -0.39 is 11.9 Å². The van der Waals surface area contributed by atoms with Crippen LogP contribution in [0.15, 0.2) is 65.2 Å². The number of aromatic nitrogens is 1. The standard InChI is InChI=1S/C29H27ClFN3O2.C2H2O4/c1-18(33-14-12-21(13-15-33)28-24-11-10-23(31)17-27(24)36-32-28)29(35)34-25-5-3-2-4-19(25)6-7-20-8-9-22(30)16-26(20)34;3-1(4)2(5)6/h2-5,8-11,16-18,21H,6-7,12-15H2,1H3;(H,3,4)(H,5,6). The van der Waals surface area contributed by atoms with Gasteiger partial charge in [-0.15, -0.1) is 0 Å². The summed E-state index contributed by atoms with van der Waals surface area (Å²) in [4.78, 5) is 36.4. The molecule has 1 fully saturated rings. The molecule has 218 valence electrons. The fourth-order valence-electron chi connectivity index (χ4n) is 5.66. The zero-order valence-electron chi connectivity index (χ0n) is 22.8. The van der Waals surface area contributed by atoms with Crippen molar-refractivity contribution in [1.82, 2.24) is 10.1 Å². The average molecular weight is 594 g/mol. The molecule has 0 aliphatic carbocycles. The number of amides is 1. The number of benzene rings is 3. The number of rotatable bonds is 3. The number of carbonyl (C=O) groups excluding carboxylic acids is 1. The maximum absolute atomic E-state index is 14.1. The van der Waals surface area contributed by atoms with Gasteiger partial charge in [-0.2, -0.15) is 0 Å². The summed E-state index contributed by atoms with van der Waals surface area (Å²) >= 11 is 6.39. The van der Waals surface area contributed by atoms with E-state index in [4.69, 9.17) is 35.9 Å². The van der Waals surface area contributed by atoms with Crippen molar-refractivity contribution in [2.45, 2.75) is 44.6 Å². The fourth-order valence-corrected chi connectivity index (χ4v) is 5.83. The van der Waals surface area contributed by atoms with Crippen molar-refractivity contribution in [2.24, 2.45) is 0 Å². The van der Waals surface area contributed by atoms with Gasteiger partial charge in [-0.05, 0) is 87.2 Å². The molecule has 2 N–H and O–H groups in total.